The largest absolute Gasteiger partial charge is 0.497 e. The first kappa shape index (κ1) is 16.9. The van der Waals surface area contributed by atoms with Crippen LogP contribution in [0.25, 0.3) is 0 Å². The number of hydrogen-bond acceptors (Lipinski definition) is 4. The molecule has 0 spiro atoms. The lowest BCUT2D eigenvalue weighted by Crippen LogP contribution is -2.10. The van der Waals surface area contributed by atoms with Crippen LogP contribution in [-0.2, 0) is 5.54 Å². The molecule has 25 heavy (non-hydrogen) atoms. The zero-order chi connectivity index (χ0) is 18.2. The zero-order valence-electron chi connectivity index (χ0n) is 14.4. The molecule has 5 nitrogen and oxygen atoms in total. The monoisotopic (exact) mass is 337 g/mol. The van der Waals surface area contributed by atoms with Gasteiger partial charge in [-0.25, -0.2) is 4.79 Å². The van der Waals surface area contributed by atoms with E-state index < -0.39 is 5.97 Å². The van der Waals surface area contributed by atoms with E-state index in [1.807, 2.05) is 32.0 Å². The van der Waals surface area contributed by atoms with Crippen LogP contribution in [0.3, 0.4) is 0 Å². The number of carbonyl (C=O) groups excluding carboxylic acids is 1. The second kappa shape index (κ2) is 6.16. The van der Waals surface area contributed by atoms with Gasteiger partial charge in [0.05, 0.1) is 30.3 Å². The minimum Gasteiger partial charge on any atom is -0.497 e. The van der Waals surface area contributed by atoms with Crippen molar-refractivity contribution in [2.45, 2.75) is 25.8 Å². The lowest BCUT2D eigenvalue weighted by molar-refractivity contribution is 0.0696. The Balaban J connectivity index is 1.88. The van der Waals surface area contributed by atoms with Crippen molar-refractivity contribution >= 4 is 17.5 Å². The van der Waals surface area contributed by atoms with Crippen LogP contribution in [0.1, 0.15) is 52.1 Å². The highest BCUT2D eigenvalue weighted by Crippen LogP contribution is 2.37. The third-order valence-electron chi connectivity index (χ3n) is 4.39. The number of methoxy groups -OCH3 is 1. The molecule has 5 heteroatoms. The number of carboxylic acids is 1. The average molecular weight is 337 g/mol. The molecule has 0 fully saturated rings. The van der Waals surface area contributed by atoms with Crippen LogP contribution in [0.5, 0.6) is 5.75 Å². The number of rotatable bonds is 5. The highest BCUT2D eigenvalue weighted by molar-refractivity contribution is 6.17. The van der Waals surface area contributed by atoms with Gasteiger partial charge in [-0.1, -0.05) is 18.2 Å². The molecular weight excluding hydrogens is 318 g/mol. The standard InChI is InChI=1S/C20H19NO4/c1-20(2)16-9-8-14(25-3)10-15(16)17(21-20)11-18(22)12-4-6-13(7-5-12)19(23)24/h4-10H,11H2,1-3H3,(H,23,24). The molecule has 0 unspecified atom stereocenters. The summed E-state index contributed by atoms with van der Waals surface area (Å²) in [6, 6.07) is 11.7. The fourth-order valence-corrected chi connectivity index (χ4v) is 3.07. The van der Waals surface area contributed by atoms with Crippen molar-refractivity contribution in [1.82, 2.24) is 0 Å². The number of ether oxygens (including phenoxy) is 1. The Bertz CT molecular complexity index is 879. The van der Waals surface area contributed by atoms with Crippen LogP contribution in [-0.4, -0.2) is 29.7 Å². The van der Waals surface area contributed by atoms with Crippen LogP contribution in [0.15, 0.2) is 47.5 Å². The quantitative estimate of drug-likeness (QED) is 0.844. The summed E-state index contributed by atoms with van der Waals surface area (Å²) in [5.74, 6) is -0.383. The number of carboxylic acid groups (broad SMARTS) is 1. The molecule has 1 aliphatic heterocycles. The molecule has 0 atom stereocenters. The number of carbonyl (C=O) groups is 2. The van der Waals surface area contributed by atoms with E-state index in [4.69, 9.17) is 14.8 Å². The van der Waals surface area contributed by atoms with Gasteiger partial charge < -0.3 is 9.84 Å². The van der Waals surface area contributed by atoms with Gasteiger partial charge in [0.25, 0.3) is 0 Å². The molecule has 0 saturated carbocycles. The van der Waals surface area contributed by atoms with E-state index in [1.165, 1.54) is 12.1 Å². The Morgan fingerprint density at radius 2 is 1.72 bits per heavy atom. The van der Waals surface area contributed by atoms with E-state index in [0.29, 0.717) is 5.56 Å². The van der Waals surface area contributed by atoms with E-state index >= 15 is 0 Å². The number of nitrogens with zero attached hydrogens (tertiary/aromatic N) is 1. The van der Waals surface area contributed by atoms with Crippen LogP contribution >= 0.6 is 0 Å². The summed E-state index contributed by atoms with van der Waals surface area (Å²) in [6.45, 7) is 4.02. The molecule has 2 aromatic rings. The van der Waals surface area contributed by atoms with Gasteiger partial charge in [-0.15, -0.1) is 0 Å². The van der Waals surface area contributed by atoms with Gasteiger partial charge in [-0.05, 0) is 43.7 Å². The van der Waals surface area contributed by atoms with Gasteiger partial charge in [-0.2, -0.15) is 0 Å². The van der Waals surface area contributed by atoms with Crippen molar-refractivity contribution in [2.75, 3.05) is 7.11 Å². The summed E-state index contributed by atoms with van der Waals surface area (Å²) in [5.41, 5.74) is 2.97. The Morgan fingerprint density at radius 3 is 2.32 bits per heavy atom. The van der Waals surface area contributed by atoms with Crippen LogP contribution in [0.4, 0.5) is 0 Å². The minimum absolute atomic E-state index is 0.0952. The Morgan fingerprint density at radius 1 is 1.08 bits per heavy atom. The number of fused-ring (bicyclic) bond motifs is 1. The van der Waals surface area contributed by atoms with Crippen LogP contribution < -0.4 is 4.74 Å². The molecule has 0 radical (unpaired) electrons. The summed E-state index contributed by atoms with van der Waals surface area (Å²) < 4.78 is 5.29. The maximum Gasteiger partial charge on any atom is 0.335 e. The average Bonchev–Trinajstić information content (AvgIpc) is 2.84. The van der Waals surface area contributed by atoms with E-state index in [9.17, 15) is 9.59 Å². The second-order valence-corrected chi connectivity index (χ2v) is 6.51. The molecule has 3 rings (SSSR count). The number of aliphatic imine (C=N–C) groups is 1. The van der Waals surface area contributed by atoms with Gasteiger partial charge in [0.2, 0.25) is 0 Å². The van der Waals surface area contributed by atoms with E-state index in [0.717, 1.165) is 22.6 Å². The molecule has 0 aliphatic carbocycles. The van der Waals surface area contributed by atoms with E-state index in [-0.39, 0.29) is 23.3 Å². The number of ketones is 1. The highest BCUT2D eigenvalue weighted by Gasteiger charge is 2.32. The zero-order valence-corrected chi connectivity index (χ0v) is 14.4. The fourth-order valence-electron chi connectivity index (χ4n) is 3.07. The lowest BCUT2D eigenvalue weighted by atomic mass is 9.91. The summed E-state index contributed by atoms with van der Waals surface area (Å²) in [5, 5.41) is 8.94. The third-order valence-corrected chi connectivity index (χ3v) is 4.39. The van der Waals surface area contributed by atoms with Crippen molar-refractivity contribution in [1.29, 1.82) is 0 Å². The normalized spacial score (nSPS) is 14.6. The first-order valence-electron chi connectivity index (χ1n) is 7.96. The lowest BCUT2D eigenvalue weighted by Gasteiger charge is -2.16. The first-order valence-corrected chi connectivity index (χ1v) is 7.96. The fraction of sp³-hybridized carbons (Fsp3) is 0.250. The minimum atomic E-state index is -1.01. The summed E-state index contributed by atoms with van der Waals surface area (Å²) in [7, 11) is 1.60. The number of hydrogen-bond donors (Lipinski definition) is 1. The smallest absolute Gasteiger partial charge is 0.335 e. The van der Waals surface area contributed by atoms with Gasteiger partial charge in [0, 0.05) is 11.1 Å². The van der Waals surface area contributed by atoms with E-state index in [2.05, 4.69) is 0 Å². The second-order valence-electron chi connectivity index (χ2n) is 6.51. The summed E-state index contributed by atoms with van der Waals surface area (Å²) in [6.07, 6.45) is 0.163. The molecule has 1 N–H and O–H groups in total. The predicted octanol–water partition coefficient (Wildman–Crippen LogP) is 3.70. The Hall–Kier alpha value is -2.95. The summed E-state index contributed by atoms with van der Waals surface area (Å²) in [4.78, 5) is 28.2. The maximum absolute atomic E-state index is 12.6. The Kier molecular flexibility index (Phi) is 4.17. The predicted molar refractivity (Wildman–Crippen MR) is 94.9 cm³/mol. The molecule has 2 aromatic carbocycles. The molecule has 1 aliphatic rings. The van der Waals surface area contributed by atoms with Crippen molar-refractivity contribution in [3.8, 4) is 5.75 Å². The molecule has 0 aromatic heterocycles. The van der Waals surface area contributed by atoms with Crippen molar-refractivity contribution in [2.24, 2.45) is 4.99 Å². The van der Waals surface area contributed by atoms with Crippen molar-refractivity contribution in [3.05, 3.63) is 64.7 Å². The first-order chi connectivity index (χ1) is 11.8. The van der Waals surface area contributed by atoms with Gasteiger partial charge in [0.15, 0.2) is 5.78 Å². The van der Waals surface area contributed by atoms with Crippen molar-refractivity contribution < 1.29 is 19.4 Å². The third kappa shape index (κ3) is 3.18. The number of aromatic carboxylic acids is 1. The molecular formula is C20H19NO4. The van der Waals surface area contributed by atoms with Gasteiger partial charge >= 0.3 is 5.97 Å². The SMILES string of the molecule is COc1ccc2c(c1)C(CC(=O)c1ccc(C(=O)O)cc1)=NC2(C)C. The molecule has 0 amide bonds. The van der Waals surface area contributed by atoms with Crippen LogP contribution in [0.2, 0.25) is 0 Å². The van der Waals surface area contributed by atoms with Gasteiger partial charge in [0.1, 0.15) is 5.75 Å². The maximum atomic E-state index is 12.6. The topological polar surface area (TPSA) is 76.0 Å². The number of benzene rings is 2. The molecule has 128 valence electrons. The van der Waals surface area contributed by atoms with E-state index in [1.54, 1.807) is 19.2 Å². The highest BCUT2D eigenvalue weighted by atomic mass is 16.5. The van der Waals surface area contributed by atoms with Gasteiger partial charge in [-0.3, -0.25) is 9.79 Å². The molecule has 0 saturated heterocycles. The number of Topliss-reactive ketones (excluding diaryl/α,β-unsaturated/α-hetero) is 1. The molecule has 1 heterocycles. The Labute approximate surface area is 146 Å². The molecule has 0 bridgehead atoms. The van der Waals surface area contributed by atoms with Crippen molar-refractivity contribution in [3.63, 3.8) is 0 Å². The van der Waals surface area contributed by atoms with Crippen LogP contribution in [0, 0.1) is 0 Å². The summed E-state index contributed by atoms with van der Waals surface area (Å²) >= 11 is 0.